The minimum absolute atomic E-state index is 0.592. The van der Waals surface area contributed by atoms with E-state index in [-0.39, 0.29) is 0 Å². The van der Waals surface area contributed by atoms with E-state index in [1.165, 1.54) is 0 Å². The third kappa shape index (κ3) is 2.99. The molecule has 1 N–H and O–H groups in total. The van der Waals surface area contributed by atoms with Gasteiger partial charge in [0.15, 0.2) is 0 Å². The summed E-state index contributed by atoms with van der Waals surface area (Å²) >= 11 is 6.74. The van der Waals surface area contributed by atoms with Gasteiger partial charge in [0.05, 0.1) is 11.9 Å². The van der Waals surface area contributed by atoms with Crippen LogP contribution in [0.2, 0.25) is 0 Å². The summed E-state index contributed by atoms with van der Waals surface area (Å²) in [5.41, 5.74) is 1.34. The molecule has 0 spiro atoms. The summed E-state index contributed by atoms with van der Waals surface area (Å²) in [6.07, 6.45) is 5.44. The lowest BCUT2D eigenvalue weighted by Crippen LogP contribution is -2.03. The second-order valence-corrected chi connectivity index (χ2v) is 5.73. The molecule has 2 rings (SSSR count). The van der Waals surface area contributed by atoms with E-state index < -0.39 is 6.10 Å². The number of pyridine rings is 1. The van der Waals surface area contributed by atoms with Crippen molar-refractivity contribution in [1.82, 2.24) is 14.8 Å². The van der Waals surface area contributed by atoms with Crippen molar-refractivity contribution < 1.29 is 5.11 Å². The van der Waals surface area contributed by atoms with Crippen LogP contribution in [-0.2, 0) is 6.54 Å². The molecule has 0 aliphatic carbocycles. The lowest BCUT2D eigenvalue weighted by molar-refractivity contribution is 0.214. The highest BCUT2D eigenvalue weighted by Crippen LogP contribution is 2.28. The Hall–Kier alpha value is -0.720. The van der Waals surface area contributed by atoms with Crippen LogP contribution >= 0.6 is 31.9 Å². The molecule has 1 atom stereocenters. The number of aliphatic hydroxyl groups excluding tert-OH is 1. The Balaban J connectivity index is 2.26. The van der Waals surface area contributed by atoms with E-state index in [9.17, 15) is 5.11 Å². The van der Waals surface area contributed by atoms with Crippen LogP contribution in [0.15, 0.2) is 33.6 Å². The second kappa shape index (κ2) is 5.95. The van der Waals surface area contributed by atoms with E-state index in [0.717, 1.165) is 27.5 Å². The predicted octanol–water partition coefficient (Wildman–Crippen LogP) is 3.29. The van der Waals surface area contributed by atoms with Crippen LogP contribution in [0.1, 0.15) is 30.7 Å². The van der Waals surface area contributed by atoms with Crippen LogP contribution in [-0.4, -0.2) is 19.9 Å². The number of aryl methyl sites for hydroxylation is 1. The van der Waals surface area contributed by atoms with Crippen molar-refractivity contribution in [3.8, 4) is 0 Å². The van der Waals surface area contributed by atoms with E-state index in [1.807, 2.05) is 16.9 Å². The molecule has 96 valence electrons. The third-order valence-corrected chi connectivity index (χ3v) is 3.59. The summed E-state index contributed by atoms with van der Waals surface area (Å²) < 4.78 is 3.46. The van der Waals surface area contributed by atoms with Crippen molar-refractivity contribution in [3.63, 3.8) is 0 Å². The fourth-order valence-electron chi connectivity index (χ4n) is 1.66. The van der Waals surface area contributed by atoms with Gasteiger partial charge in [-0.3, -0.25) is 9.67 Å². The van der Waals surface area contributed by atoms with Gasteiger partial charge in [-0.05, 0) is 44.3 Å². The van der Waals surface area contributed by atoms with E-state index >= 15 is 0 Å². The fourth-order valence-corrected chi connectivity index (χ4v) is 2.86. The average Bonchev–Trinajstić information content (AvgIpc) is 2.77. The molecule has 2 aromatic heterocycles. The van der Waals surface area contributed by atoms with E-state index in [1.54, 1.807) is 12.4 Å². The maximum absolute atomic E-state index is 10.3. The van der Waals surface area contributed by atoms with Crippen LogP contribution in [0.3, 0.4) is 0 Å². The van der Waals surface area contributed by atoms with Crippen molar-refractivity contribution in [1.29, 1.82) is 0 Å². The molecule has 0 bridgehead atoms. The molecular formula is C12H13Br2N3O. The van der Waals surface area contributed by atoms with Crippen molar-refractivity contribution in [2.75, 3.05) is 0 Å². The quantitative estimate of drug-likeness (QED) is 0.893. The molecule has 0 radical (unpaired) electrons. The summed E-state index contributed by atoms with van der Waals surface area (Å²) in [4.78, 5) is 4.23. The van der Waals surface area contributed by atoms with Gasteiger partial charge in [-0.2, -0.15) is 5.10 Å². The summed E-state index contributed by atoms with van der Waals surface area (Å²) in [5, 5.41) is 14.5. The Morgan fingerprint density at radius 2 is 2.17 bits per heavy atom. The highest BCUT2D eigenvalue weighted by atomic mass is 79.9. The molecule has 0 fully saturated rings. The highest BCUT2D eigenvalue weighted by molar-refractivity contribution is 9.11. The van der Waals surface area contributed by atoms with Crippen LogP contribution < -0.4 is 0 Å². The van der Waals surface area contributed by atoms with Gasteiger partial charge in [0.1, 0.15) is 6.10 Å². The Bertz CT molecular complexity index is 542. The van der Waals surface area contributed by atoms with Gasteiger partial charge in [0, 0.05) is 33.4 Å². The van der Waals surface area contributed by atoms with Gasteiger partial charge in [0.25, 0.3) is 0 Å². The van der Waals surface area contributed by atoms with Gasteiger partial charge in [-0.15, -0.1) is 0 Å². The molecule has 0 saturated carbocycles. The summed E-state index contributed by atoms with van der Waals surface area (Å²) in [6, 6.07) is 1.86. The lowest BCUT2D eigenvalue weighted by atomic mass is 10.1. The topological polar surface area (TPSA) is 50.9 Å². The Kier molecular flexibility index (Phi) is 4.53. The minimum atomic E-state index is -0.766. The van der Waals surface area contributed by atoms with Crippen LogP contribution in [0, 0.1) is 0 Å². The van der Waals surface area contributed by atoms with Crippen molar-refractivity contribution in [2.24, 2.45) is 0 Å². The molecular weight excluding hydrogens is 362 g/mol. The molecule has 18 heavy (non-hydrogen) atoms. The zero-order valence-electron chi connectivity index (χ0n) is 9.85. The van der Waals surface area contributed by atoms with E-state index in [2.05, 4.69) is 48.9 Å². The van der Waals surface area contributed by atoms with Gasteiger partial charge in [0.2, 0.25) is 0 Å². The largest absolute Gasteiger partial charge is 0.382 e. The molecule has 0 aliphatic heterocycles. The number of halogens is 2. The maximum Gasteiger partial charge on any atom is 0.125 e. The van der Waals surface area contributed by atoms with Gasteiger partial charge < -0.3 is 5.11 Å². The summed E-state index contributed by atoms with van der Waals surface area (Å²) in [5.74, 6) is 0. The Morgan fingerprint density at radius 3 is 2.83 bits per heavy atom. The summed E-state index contributed by atoms with van der Waals surface area (Å²) in [7, 11) is 0. The SMILES string of the molecule is CCCn1cc(C(O)c2ncc(Br)cc2Br)cn1. The Labute approximate surface area is 122 Å². The number of hydrogen-bond donors (Lipinski definition) is 1. The first-order valence-corrected chi connectivity index (χ1v) is 7.21. The molecule has 6 heteroatoms. The number of aromatic nitrogens is 3. The molecule has 4 nitrogen and oxygen atoms in total. The molecule has 1 unspecified atom stereocenters. The first-order valence-electron chi connectivity index (χ1n) is 5.63. The molecule has 0 amide bonds. The van der Waals surface area contributed by atoms with Crippen LogP contribution in [0.25, 0.3) is 0 Å². The van der Waals surface area contributed by atoms with Crippen LogP contribution in [0.4, 0.5) is 0 Å². The second-order valence-electron chi connectivity index (χ2n) is 3.96. The lowest BCUT2D eigenvalue weighted by Gasteiger charge is -2.10. The smallest absolute Gasteiger partial charge is 0.125 e. The molecule has 0 aromatic carbocycles. The molecule has 0 saturated heterocycles. The average molecular weight is 375 g/mol. The normalized spacial score (nSPS) is 12.7. The van der Waals surface area contributed by atoms with Crippen LogP contribution in [0.5, 0.6) is 0 Å². The molecule has 2 aromatic rings. The third-order valence-electron chi connectivity index (χ3n) is 2.52. The number of aliphatic hydroxyl groups is 1. The summed E-state index contributed by atoms with van der Waals surface area (Å²) in [6.45, 7) is 2.94. The monoisotopic (exact) mass is 373 g/mol. The zero-order valence-corrected chi connectivity index (χ0v) is 13.0. The predicted molar refractivity (Wildman–Crippen MR) is 76.2 cm³/mol. The maximum atomic E-state index is 10.3. The minimum Gasteiger partial charge on any atom is -0.382 e. The molecule has 0 aliphatic rings. The molecule has 2 heterocycles. The Morgan fingerprint density at radius 1 is 1.39 bits per heavy atom. The standard InChI is InChI=1S/C12H13Br2N3O/c1-2-3-17-7-8(5-16-17)12(18)11-10(14)4-9(13)6-15-11/h4-7,12,18H,2-3H2,1H3. The van der Waals surface area contributed by atoms with E-state index in [0.29, 0.717) is 5.69 Å². The number of rotatable bonds is 4. The zero-order chi connectivity index (χ0) is 13.1. The number of hydrogen-bond acceptors (Lipinski definition) is 3. The van der Waals surface area contributed by atoms with Gasteiger partial charge in [-0.1, -0.05) is 6.92 Å². The van der Waals surface area contributed by atoms with E-state index in [4.69, 9.17) is 0 Å². The van der Waals surface area contributed by atoms with Crippen molar-refractivity contribution in [3.05, 3.63) is 44.9 Å². The highest BCUT2D eigenvalue weighted by Gasteiger charge is 2.17. The number of nitrogens with zero attached hydrogens (tertiary/aromatic N) is 3. The van der Waals surface area contributed by atoms with Gasteiger partial charge in [-0.25, -0.2) is 0 Å². The van der Waals surface area contributed by atoms with Crippen molar-refractivity contribution >= 4 is 31.9 Å². The first kappa shape index (κ1) is 13.7. The fraction of sp³-hybridized carbons (Fsp3) is 0.333. The first-order chi connectivity index (χ1) is 8.61. The van der Waals surface area contributed by atoms with Gasteiger partial charge >= 0.3 is 0 Å². The van der Waals surface area contributed by atoms with Crippen molar-refractivity contribution in [2.45, 2.75) is 26.0 Å².